The van der Waals surface area contributed by atoms with E-state index >= 15 is 0 Å². The molecule has 0 N–H and O–H groups in total. The van der Waals surface area contributed by atoms with Crippen LogP contribution in [0.4, 0.5) is 0 Å². The highest BCUT2D eigenvalue weighted by Crippen LogP contribution is 2.33. The topological polar surface area (TPSA) is 66.7 Å². The number of likely N-dealkylation sites (tertiary alicyclic amines) is 2. The van der Waals surface area contributed by atoms with Gasteiger partial charge in [-0.05, 0) is 68.4 Å². The normalized spacial score (nSPS) is 24.0. The fraction of sp³-hybridized carbons (Fsp3) is 0.522. The Labute approximate surface area is 180 Å². The number of hydrogen-bond acceptors (Lipinski definition) is 5. The lowest BCUT2D eigenvalue weighted by atomic mass is 9.83. The van der Waals surface area contributed by atoms with E-state index in [9.17, 15) is 9.59 Å². The number of hydrogen-bond donors (Lipinski definition) is 0. The molecular formula is C23H27N3O3S. The summed E-state index contributed by atoms with van der Waals surface area (Å²) in [5, 5.41) is 6.18. The summed E-state index contributed by atoms with van der Waals surface area (Å²) in [4.78, 5) is 31.0. The van der Waals surface area contributed by atoms with Crippen LogP contribution in [0.25, 0.3) is 6.08 Å². The molecule has 5 rings (SSSR count). The molecule has 158 valence electrons. The lowest BCUT2D eigenvalue weighted by molar-refractivity contribution is -0.129. The van der Waals surface area contributed by atoms with Gasteiger partial charge in [0.15, 0.2) is 0 Å². The first-order chi connectivity index (χ1) is 14.7. The Morgan fingerprint density at radius 2 is 2.07 bits per heavy atom. The highest BCUT2D eigenvalue weighted by atomic mass is 32.1. The molecule has 1 aliphatic carbocycles. The molecular weight excluding hydrogens is 398 g/mol. The van der Waals surface area contributed by atoms with E-state index in [0.717, 1.165) is 74.2 Å². The third-order valence-electron chi connectivity index (χ3n) is 6.73. The molecule has 0 unspecified atom stereocenters. The average Bonchev–Trinajstić information content (AvgIpc) is 3.46. The van der Waals surface area contributed by atoms with Crippen LogP contribution in [0.2, 0.25) is 0 Å². The smallest absolute Gasteiger partial charge is 0.293 e. The minimum Gasteiger partial charge on any atom is -0.350 e. The molecule has 2 fully saturated rings. The summed E-state index contributed by atoms with van der Waals surface area (Å²) in [6, 6.07) is 4.17. The van der Waals surface area contributed by atoms with Gasteiger partial charge < -0.3 is 14.3 Å². The third-order valence-corrected chi connectivity index (χ3v) is 7.57. The van der Waals surface area contributed by atoms with Crippen LogP contribution in [0.1, 0.15) is 58.8 Å². The summed E-state index contributed by atoms with van der Waals surface area (Å²) in [6.45, 7) is 2.17. The van der Waals surface area contributed by atoms with Crippen molar-refractivity contribution >= 4 is 29.2 Å². The van der Waals surface area contributed by atoms with Crippen molar-refractivity contribution in [3.8, 4) is 0 Å². The van der Waals surface area contributed by atoms with Crippen molar-refractivity contribution in [2.45, 2.75) is 51.0 Å². The van der Waals surface area contributed by atoms with Crippen molar-refractivity contribution in [3.05, 3.63) is 45.5 Å². The number of amides is 2. The molecule has 2 saturated heterocycles. The van der Waals surface area contributed by atoms with Crippen molar-refractivity contribution in [3.63, 3.8) is 0 Å². The molecule has 3 aliphatic rings. The standard InChI is InChI=1S/C23H27N3O3S/c27-21(10-9-17-6-4-14-30-17)25-13-11-20-16(15-25)5-3-12-26(20)23(28)22-18-7-1-2-8-19(18)24-29-22/h4,6,9-10,14,16,20H,1-3,5,7-8,11-13,15H2/b10-9+/t16-,20-/m1/s1. The Bertz CT molecular complexity index is 949. The predicted molar refractivity (Wildman–Crippen MR) is 115 cm³/mol. The number of rotatable bonds is 3. The SMILES string of the molecule is O=C(/C=C/c1cccs1)N1CC[C@@H]2[C@H](CCCN2C(=O)c2onc3c2CCCC3)C1. The van der Waals surface area contributed by atoms with Crippen LogP contribution in [-0.4, -0.2) is 52.4 Å². The highest BCUT2D eigenvalue weighted by Gasteiger charge is 2.41. The first-order valence-corrected chi connectivity index (χ1v) is 11.9. The lowest BCUT2D eigenvalue weighted by Gasteiger charge is -2.46. The average molecular weight is 426 g/mol. The first-order valence-electron chi connectivity index (χ1n) is 11.0. The molecule has 2 aromatic heterocycles. The summed E-state index contributed by atoms with van der Waals surface area (Å²) in [7, 11) is 0. The second kappa shape index (κ2) is 8.38. The van der Waals surface area contributed by atoms with Gasteiger partial charge in [0.2, 0.25) is 11.7 Å². The number of piperidine rings is 2. The van der Waals surface area contributed by atoms with Gasteiger partial charge in [-0.15, -0.1) is 11.3 Å². The van der Waals surface area contributed by atoms with E-state index in [2.05, 4.69) is 5.16 Å². The fourth-order valence-electron chi connectivity index (χ4n) is 5.19. The summed E-state index contributed by atoms with van der Waals surface area (Å²) < 4.78 is 5.53. The Morgan fingerprint density at radius 3 is 2.93 bits per heavy atom. The molecule has 0 spiro atoms. The molecule has 30 heavy (non-hydrogen) atoms. The summed E-state index contributed by atoms with van der Waals surface area (Å²) in [5.74, 6) is 0.851. The van der Waals surface area contributed by atoms with E-state index in [1.807, 2.05) is 33.4 Å². The largest absolute Gasteiger partial charge is 0.350 e. The van der Waals surface area contributed by atoms with E-state index in [-0.39, 0.29) is 17.9 Å². The minimum absolute atomic E-state index is 0.00211. The van der Waals surface area contributed by atoms with Gasteiger partial charge in [-0.2, -0.15) is 0 Å². The van der Waals surface area contributed by atoms with Crippen LogP contribution >= 0.6 is 11.3 Å². The molecule has 2 aliphatic heterocycles. The van der Waals surface area contributed by atoms with E-state index in [0.29, 0.717) is 18.2 Å². The van der Waals surface area contributed by atoms with Crippen LogP contribution < -0.4 is 0 Å². The molecule has 0 aromatic carbocycles. The van der Waals surface area contributed by atoms with Gasteiger partial charge >= 0.3 is 0 Å². The summed E-state index contributed by atoms with van der Waals surface area (Å²) in [5.41, 5.74) is 2.00. The molecule has 0 bridgehead atoms. The minimum atomic E-state index is -0.00211. The molecule has 2 aromatic rings. The molecule has 2 amide bonds. The number of aromatic nitrogens is 1. The fourth-order valence-corrected chi connectivity index (χ4v) is 5.81. The molecule has 6 nitrogen and oxygen atoms in total. The van der Waals surface area contributed by atoms with Crippen molar-refractivity contribution in [1.29, 1.82) is 0 Å². The van der Waals surface area contributed by atoms with Crippen molar-refractivity contribution < 1.29 is 14.1 Å². The maximum Gasteiger partial charge on any atom is 0.293 e. The van der Waals surface area contributed by atoms with Crippen LogP contribution in [0.15, 0.2) is 28.1 Å². The van der Waals surface area contributed by atoms with Crippen LogP contribution in [0, 0.1) is 5.92 Å². The van der Waals surface area contributed by atoms with Gasteiger partial charge in [0.25, 0.3) is 5.91 Å². The Morgan fingerprint density at radius 1 is 1.17 bits per heavy atom. The zero-order valence-electron chi connectivity index (χ0n) is 17.1. The highest BCUT2D eigenvalue weighted by molar-refractivity contribution is 7.10. The molecule has 4 heterocycles. The number of aryl methyl sites for hydroxylation is 1. The molecule has 2 atom stereocenters. The molecule has 0 saturated carbocycles. The number of nitrogens with zero attached hydrogens (tertiary/aromatic N) is 3. The van der Waals surface area contributed by atoms with E-state index in [4.69, 9.17) is 4.52 Å². The second-order valence-electron chi connectivity index (χ2n) is 8.53. The Kier molecular flexibility index (Phi) is 5.46. The number of carbonyl (C=O) groups excluding carboxylic acids is 2. The Balaban J connectivity index is 1.27. The van der Waals surface area contributed by atoms with Gasteiger partial charge in [0.05, 0.1) is 5.69 Å². The van der Waals surface area contributed by atoms with Crippen LogP contribution in [0.5, 0.6) is 0 Å². The van der Waals surface area contributed by atoms with Crippen molar-refractivity contribution in [2.75, 3.05) is 19.6 Å². The maximum absolute atomic E-state index is 13.3. The van der Waals surface area contributed by atoms with Gasteiger partial charge in [0, 0.05) is 42.2 Å². The number of carbonyl (C=O) groups is 2. The van der Waals surface area contributed by atoms with E-state index < -0.39 is 0 Å². The predicted octanol–water partition coefficient (Wildman–Crippen LogP) is 3.78. The van der Waals surface area contributed by atoms with Crippen molar-refractivity contribution in [1.82, 2.24) is 15.0 Å². The summed E-state index contributed by atoms with van der Waals surface area (Å²) in [6.07, 6.45) is 10.4. The molecule has 7 heteroatoms. The van der Waals surface area contributed by atoms with Crippen LogP contribution in [0.3, 0.4) is 0 Å². The number of thiophene rings is 1. The number of fused-ring (bicyclic) bond motifs is 2. The van der Waals surface area contributed by atoms with Crippen LogP contribution in [-0.2, 0) is 17.6 Å². The first kappa shape index (κ1) is 19.5. The molecule has 0 radical (unpaired) electrons. The van der Waals surface area contributed by atoms with E-state index in [1.165, 1.54) is 0 Å². The second-order valence-corrected chi connectivity index (χ2v) is 9.51. The van der Waals surface area contributed by atoms with Gasteiger partial charge in [0.1, 0.15) is 0 Å². The Hall–Kier alpha value is -2.41. The quantitative estimate of drug-likeness (QED) is 0.702. The monoisotopic (exact) mass is 425 g/mol. The van der Waals surface area contributed by atoms with Gasteiger partial charge in [-0.25, -0.2) is 0 Å². The van der Waals surface area contributed by atoms with E-state index in [1.54, 1.807) is 17.4 Å². The zero-order valence-corrected chi connectivity index (χ0v) is 17.9. The maximum atomic E-state index is 13.3. The van der Waals surface area contributed by atoms with Gasteiger partial charge in [-0.1, -0.05) is 11.2 Å². The zero-order chi connectivity index (χ0) is 20.5. The van der Waals surface area contributed by atoms with Gasteiger partial charge in [-0.3, -0.25) is 9.59 Å². The summed E-state index contributed by atoms with van der Waals surface area (Å²) >= 11 is 1.63. The van der Waals surface area contributed by atoms with Crippen molar-refractivity contribution in [2.24, 2.45) is 5.92 Å². The third kappa shape index (κ3) is 3.71. The lowest BCUT2D eigenvalue weighted by Crippen LogP contribution is -2.56.